The maximum atomic E-state index is 15.5. The van der Waals surface area contributed by atoms with Crippen LogP contribution in [0.5, 0.6) is 0 Å². The molecule has 1 aliphatic carbocycles. The number of carbonyl (C=O) groups excluding carboxylic acids is 4. The van der Waals surface area contributed by atoms with Gasteiger partial charge in [0, 0.05) is 48.1 Å². The Kier molecular flexibility index (Phi) is 10.8. The van der Waals surface area contributed by atoms with Gasteiger partial charge in [0.25, 0.3) is 5.91 Å². The molecule has 3 aliphatic rings. The standard InChI is InChI=1S/C36H42ClFN4O5S/c1-40(2)36(46)32-7-5-13-41(32)24-16-25(20-47-26-11-9-22(19-43)10-12-26)42(18-24)34(44)15-23-14-29(37)31(17-30(23)38)39-35(45)28-21-48-33-8-4-3-6-27(28)33/h3-4,6,8,14,17,19,21-22,24-26,32H,5,7,9-13,15-16,18,20H2,1-2H3,(H,39,45)/t22-,24-,25-,26-,32-/m0/s1. The van der Waals surface area contributed by atoms with Crippen LogP contribution < -0.4 is 5.32 Å². The Morgan fingerprint density at radius 2 is 1.90 bits per heavy atom. The van der Waals surface area contributed by atoms with E-state index in [0.717, 1.165) is 61.4 Å². The third-order valence-corrected chi connectivity index (χ3v) is 11.4. The van der Waals surface area contributed by atoms with Gasteiger partial charge in [0.2, 0.25) is 11.8 Å². The molecule has 1 N–H and O–H groups in total. The number of fused-ring (bicyclic) bond motifs is 1. The van der Waals surface area contributed by atoms with Gasteiger partial charge in [0.15, 0.2) is 0 Å². The van der Waals surface area contributed by atoms with Crippen molar-refractivity contribution in [2.24, 2.45) is 5.92 Å². The average Bonchev–Trinajstić information content (AvgIpc) is 3.84. The Morgan fingerprint density at radius 1 is 1.12 bits per heavy atom. The Hall–Kier alpha value is -3.38. The van der Waals surface area contributed by atoms with Crippen LogP contribution in [-0.2, 0) is 25.5 Å². The highest BCUT2D eigenvalue weighted by Gasteiger charge is 2.44. The van der Waals surface area contributed by atoms with Gasteiger partial charge in [0.05, 0.1) is 47.5 Å². The second-order valence-electron chi connectivity index (χ2n) is 13.4. The van der Waals surface area contributed by atoms with Crippen molar-refractivity contribution in [2.45, 2.75) is 75.6 Å². The van der Waals surface area contributed by atoms with E-state index in [4.69, 9.17) is 16.3 Å². The fraction of sp³-hybridized carbons (Fsp3) is 0.500. The van der Waals surface area contributed by atoms with Gasteiger partial charge < -0.3 is 24.6 Å². The number of anilines is 1. The molecular weight excluding hydrogens is 655 g/mol. The number of likely N-dealkylation sites (tertiary alicyclic amines) is 2. The molecule has 1 aromatic heterocycles. The summed E-state index contributed by atoms with van der Waals surface area (Å²) in [7, 11) is 3.53. The van der Waals surface area contributed by atoms with Crippen molar-refractivity contribution in [3.05, 3.63) is 63.7 Å². The number of thiophene rings is 1. The Balaban J connectivity index is 1.16. The zero-order valence-electron chi connectivity index (χ0n) is 27.3. The van der Waals surface area contributed by atoms with Crippen molar-refractivity contribution in [3.63, 3.8) is 0 Å². The maximum absolute atomic E-state index is 15.5. The van der Waals surface area contributed by atoms with Gasteiger partial charge in [-0.15, -0.1) is 11.3 Å². The van der Waals surface area contributed by atoms with E-state index in [2.05, 4.69) is 10.2 Å². The highest BCUT2D eigenvalue weighted by atomic mass is 35.5. The maximum Gasteiger partial charge on any atom is 0.257 e. The van der Waals surface area contributed by atoms with Crippen LogP contribution in [-0.4, -0.2) is 96.7 Å². The SMILES string of the molecule is CN(C)C(=O)[C@@H]1CCCN1[C@H]1C[C@@H](CO[C@H]2CC[C@H](C=O)CC2)N(C(=O)Cc2cc(Cl)c(NC(=O)c3csc4ccccc34)cc2F)C1. The first-order valence-electron chi connectivity index (χ1n) is 16.7. The summed E-state index contributed by atoms with van der Waals surface area (Å²) in [5.41, 5.74) is 0.752. The molecule has 2 saturated heterocycles. The molecular formula is C36H42ClFN4O5S. The Morgan fingerprint density at radius 3 is 2.65 bits per heavy atom. The molecule has 3 aromatic rings. The second kappa shape index (κ2) is 15.0. The van der Waals surface area contributed by atoms with Crippen molar-refractivity contribution in [1.82, 2.24) is 14.7 Å². The molecule has 48 heavy (non-hydrogen) atoms. The number of hydrogen-bond donors (Lipinski definition) is 1. The number of likely N-dealkylation sites (N-methyl/N-ethyl adjacent to an activating group) is 1. The number of aldehydes is 1. The molecule has 0 spiro atoms. The minimum Gasteiger partial charge on any atom is -0.376 e. The van der Waals surface area contributed by atoms with Crippen LogP contribution in [0.3, 0.4) is 0 Å². The largest absolute Gasteiger partial charge is 0.376 e. The predicted molar refractivity (Wildman–Crippen MR) is 185 cm³/mol. The number of hydrogen-bond acceptors (Lipinski definition) is 7. The van der Waals surface area contributed by atoms with Gasteiger partial charge >= 0.3 is 0 Å². The van der Waals surface area contributed by atoms with Crippen molar-refractivity contribution in [2.75, 3.05) is 39.1 Å². The van der Waals surface area contributed by atoms with Crippen LogP contribution in [0.4, 0.5) is 10.1 Å². The zero-order valence-corrected chi connectivity index (χ0v) is 28.9. The van der Waals surface area contributed by atoms with E-state index < -0.39 is 11.7 Å². The van der Waals surface area contributed by atoms with Gasteiger partial charge in [-0.3, -0.25) is 19.3 Å². The summed E-state index contributed by atoms with van der Waals surface area (Å²) in [6.07, 6.45) is 6.38. The quantitative estimate of drug-likeness (QED) is 0.270. The molecule has 256 valence electrons. The zero-order chi connectivity index (χ0) is 33.9. The van der Waals surface area contributed by atoms with E-state index in [1.54, 1.807) is 29.3 Å². The number of nitrogens with zero attached hydrogens (tertiary/aromatic N) is 3. The lowest BCUT2D eigenvalue weighted by Crippen LogP contribution is -2.48. The van der Waals surface area contributed by atoms with Crippen LogP contribution in [0.2, 0.25) is 5.02 Å². The van der Waals surface area contributed by atoms with Crippen LogP contribution in [0, 0.1) is 11.7 Å². The fourth-order valence-electron chi connectivity index (χ4n) is 7.45. The normalized spacial score (nSPS) is 24.6. The number of nitrogens with one attached hydrogen (secondary N) is 1. The average molecular weight is 697 g/mol. The minimum absolute atomic E-state index is 0.0241. The first-order chi connectivity index (χ1) is 23.1. The molecule has 1 saturated carbocycles. The molecule has 3 atom stereocenters. The Bertz CT molecular complexity index is 1670. The van der Waals surface area contributed by atoms with Gasteiger partial charge in [0.1, 0.15) is 12.1 Å². The van der Waals surface area contributed by atoms with Gasteiger partial charge in [-0.05, 0) is 75.3 Å². The molecule has 2 aliphatic heterocycles. The number of halogens is 2. The van der Waals surface area contributed by atoms with Crippen LogP contribution in [0.1, 0.15) is 60.9 Å². The lowest BCUT2D eigenvalue weighted by Gasteiger charge is -2.31. The first-order valence-corrected chi connectivity index (χ1v) is 18.0. The van der Waals surface area contributed by atoms with E-state index >= 15 is 4.39 Å². The molecule has 12 heteroatoms. The van der Waals surface area contributed by atoms with Crippen molar-refractivity contribution < 1.29 is 28.3 Å². The van der Waals surface area contributed by atoms with Gasteiger partial charge in [-0.25, -0.2) is 4.39 Å². The van der Waals surface area contributed by atoms with E-state index in [9.17, 15) is 19.2 Å². The van der Waals surface area contributed by atoms with E-state index in [0.29, 0.717) is 25.1 Å². The summed E-state index contributed by atoms with van der Waals surface area (Å²) in [5.74, 6) is -1.13. The molecule has 2 aromatic carbocycles. The molecule has 3 heterocycles. The van der Waals surface area contributed by atoms with Crippen LogP contribution in [0.15, 0.2) is 41.8 Å². The van der Waals surface area contributed by atoms with E-state index in [1.807, 2.05) is 24.3 Å². The topological polar surface area (TPSA) is 99.3 Å². The molecule has 0 radical (unpaired) electrons. The lowest BCUT2D eigenvalue weighted by molar-refractivity contribution is -0.134. The number of amides is 3. The summed E-state index contributed by atoms with van der Waals surface area (Å²) in [6, 6.07) is 9.64. The third-order valence-electron chi connectivity index (χ3n) is 10.1. The number of ether oxygens (including phenoxy) is 1. The molecule has 3 fully saturated rings. The highest BCUT2D eigenvalue weighted by Crippen LogP contribution is 2.33. The molecule has 6 rings (SSSR count). The van der Waals surface area contributed by atoms with Crippen molar-refractivity contribution >= 4 is 62.7 Å². The second-order valence-corrected chi connectivity index (χ2v) is 14.7. The number of benzene rings is 2. The molecule has 0 bridgehead atoms. The molecule has 3 amide bonds. The number of rotatable bonds is 10. The summed E-state index contributed by atoms with van der Waals surface area (Å²) in [6.45, 7) is 1.53. The lowest BCUT2D eigenvalue weighted by atomic mass is 9.88. The summed E-state index contributed by atoms with van der Waals surface area (Å²) in [5, 5.41) is 5.44. The van der Waals surface area contributed by atoms with E-state index in [1.165, 1.54) is 23.5 Å². The summed E-state index contributed by atoms with van der Waals surface area (Å²) >= 11 is 8.00. The van der Waals surface area contributed by atoms with Gasteiger partial charge in [-0.1, -0.05) is 29.8 Å². The smallest absolute Gasteiger partial charge is 0.257 e. The molecule has 9 nitrogen and oxygen atoms in total. The Labute approximate surface area is 289 Å². The van der Waals surface area contributed by atoms with Gasteiger partial charge in [-0.2, -0.15) is 0 Å². The van der Waals surface area contributed by atoms with Crippen molar-refractivity contribution in [3.8, 4) is 0 Å². The monoisotopic (exact) mass is 696 g/mol. The highest BCUT2D eigenvalue weighted by molar-refractivity contribution is 7.17. The van der Waals surface area contributed by atoms with Crippen LogP contribution in [0.25, 0.3) is 10.1 Å². The van der Waals surface area contributed by atoms with Crippen LogP contribution >= 0.6 is 22.9 Å². The summed E-state index contributed by atoms with van der Waals surface area (Å²) in [4.78, 5) is 56.8. The fourth-order valence-corrected chi connectivity index (χ4v) is 8.62. The minimum atomic E-state index is -0.634. The summed E-state index contributed by atoms with van der Waals surface area (Å²) < 4.78 is 22.8. The predicted octanol–water partition coefficient (Wildman–Crippen LogP) is 5.79. The van der Waals surface area contributed by atoms with E-state index in [-0.39, 0.29) is 64.7 Å². The van der Waals surface area contributed by atoms with Crippen molar-refractivity contribution in [1.29, 1.82) is 0 Å². The molecule has 0 unspecified atom stereocenters. The first kappa shape index (κ1) is 34.5. The number of carbonyl (C=O) groups is 4. The third kappa shape index (κ3) is 7.44.